The molecule has 4 nitrogen and oxygen atoms in total. The number of benzene rings is 2. The van der Waals surface area contributed by atoms with Crippen LogP contribution >= 0.6 is 0 Å². The molecule has 2 unspecified atom stereocenters. The van der Waals surface area contributed by atoms with Gasteiger partial charge in [0.15, 0.2) is 0 Å². The van der Waals surface area contributed by atoms with Crippen LogP contribution in [-0.4, -0.2) is 22.0 Å². The predicted octanol–water partition coefficient (Wildman–Crippen LogP) is 4.74. The topological polar surface area (TPSA) is 38.1 Å². The molecule has 0 bridgehead atoms. The van der Waals surface area contributed by atoms with E-state index >= 15 is 0 Å². The molecule has 0 radical (unpaired) electrons. The van der Waals surface area contributed by atoms with Crippen molar-refractivity contribution >= 4 is 22.6 Å². The minimum Gasteiger partial charge on any atom is -0.327 e. The summed E-state index contributed by atoms with van der Waals surface area (Å²) in [4.78, 5) is 19.3. The summed E-state index contributed by atoms with van der Waals surface area (Å²) in [5.74, 6) is 1.33. The first-order chi connectivity index (χ1) is 13.1. The van der Waals surface area contributed by atoms with Crippen LogP contribution in [0.2, 0.25) is 0 Å². The zero-order chi connectivity index (χ0) is 19.0. The van der Waals surface area contributed by atoms with Gasteiger partial charge in [-0.15, -0.1) is 0 Å². The fraction of sp³-hybridized carbons (Fsp3) is 0.364. The average molecular weight is 365 g/mol. The summed E-state index contributed by atoms with van der Waals surface area (Å²) in [6.45, 7) is 5.91. The number of carbonyl (C=O) groups is 1. The molecule has 2 aromatic carbocycles. The quantitative estimate of drug-likeness (QED) is 0.655. The number of amides is 1. The lowest BCUT2D eigenvalue weighted by Gasteiger charge is -2.18. The van der Waals surface area contributed by atoms with E-state index in [0.29, 0.717) is 18.9 Å². The van der Waals surface area contributed by atoms with Gasteiger partial charge < -0.3 is 9.47 Å². The normalized spacial score (nSPS) is 18.4. The van der Waals surface area contributed by atoms with Gasteiger partial charge in [-0.3, -0.25) is 4.79 Å². The van der Waals surface area contributed by atoms with Crippen molar-refractivity contribution in [3.8, 4) is 0 Å². The van der Waals surface area contributed by atoms with Crippen LogP contribution in [0.1, 0.15) is 38.4 Å². The van der Waals surface area contributed by atoms with E-state index in [-0.39, 0.29) is 17.6 Å². The first-order valence-electron chi connectivity index (χ1n) is 9.58. The van der Waals surface area contributed by atoms with Gasteiger partial charge >= 0.3 is 0 Å². The molecule has 0 aliphatic carbocycles. The van der Waals surface area contributed by atoms with Crippen molar-refractivity contribution in [2.24, 2.45) is 5.92 Å². The Morgan fingerprint density at radius 1 is 1.19 bits per heavy atom. The number of hydrogen-bond acceptors (Lipinski definition) is 2. The standard InChI is InChI=1S/C22H24FN3O/c1-3-15(2)13-26-20-7-5-4-6-19(20)24-22(26)16-12-21(27)25(14-16)18-10-8-17(23)9-11-18/h4-11,15-16H,3,12-14H2,1-2H3. The average Bonchev–Trinajstić information content (AvgIpc) is 3.23. The van der Waals surface area contributed by atoms with E-state index < -0.39 is 0 Å². The van der Waals surface area contributed by atoms with Crippen LogP contribution in [-0.2, 0) is 11.3 Å². The molecule has 1 aliphatic rings. The maximum atomic E-state index is 13.2. The molecule has 3 aromatic rings. The second kappa shape index (κ2) is 7.14. The van der Waals surface area contributed by atoms with E-state index in [9.17, 15) is 9.18 Å². The molecular weight excluding hydrogens is 341 g/mol. The summed E-state index contributed by atoms with van der Waals surface area (Å²) in [6, 6.07) is 14.3. The molecule has 1 saturated heterocycles. The van der Waals surface area contributed by atoms with Crippen LogP contribution in [0, 0.1) is 11.7 Å². The van der Waals surface area contributed by atoms with Crippen LogP contribution in [0.5, 0.6) is 0 Å². The number of nitrogens with zero attached hydrogens (tertiary/aromatic N) is 3. The molecular formula is C22H24FN3O. The molecule has 1 aromatic heterocycles. The van der Waals surface area contributed by atoms with Crippen LogP contribution in [0.3, 0.4) is 0 Å². The highest BCUT2D eigenvalue weighted by Gasteiger charge is 2.35. The van der Waals surface area contributed by atoms with Gasteiger partial charge in [0.05, 0.1) is 11.0 Å². The maximum absolute atomic E-state index is 13.2. The van der Waals surface area contributed by atoms with Crippen LogP contribution in [0.15, 0.2) is 48.5 Å². The van der Waals surface area contributed by atoms with Crippen molar-refractivity contribution in [3.05, 3.63) is 60.2 Å². The van der Waals surface area contributed by atoms with Gasteiger partial charge in [0.2, 0.25) is 5.91 Å². The fourth-order valence-corrected chi connectivity index (χ4v) is 3.79. The maximum Gasteiger partial charge on any atom is 0.227 e. The second-order valence-corrected chi connectivity index (χ2v) is 7.46. The summed E-state index contributed by atoms with van der Waals surface area (Å²) in [7, 11) is 0. The highest BCUT2D eigenvalue weighted by molar-refractivity contribution is 5.96. The Morgan fingerprint density at radius 3 is 2.67 bits per heavy atom. The second-order valence-electron chi connectivity index (χ2n) is 7.46. The molecule has 4 rings (SSSR count). The number of halogens is 1. The van der Waals surface area contributed by atoms with Crippen molar-refractivity contribution in [1.29, 1.82) is 0 Å². The minimum absolute atomic E-state index is 0.0407. The lowest BCUT2D eigenvalue weighted by Crippen LogP contribution is -2.24. The van der Waals surface area contributed by atoms with E-state index in [1.807, 2.05) is 18.2 Å². The van der Waals surface area contributed by atoms with E-state index in [2.05, 4.69) is 24.5 Å². The van der Waals surface area contributed by atoms with Crippen molar-refractivity contribution in [1.82, 2.24) is 9.55 Å². The highest BCUT2D eigenvalue weighted by Crippen LogP contribution is 2.33. The Bertz CT molecular complexity index is 963. The molecule has 0 N–H and O–H groups in total. The SMILES string of the molecule is CCC(C)Cn1c(C2CC(=O)N(c3ccc(F)cc3)C2)nc2ccccc21. The number of rotatable bonds is 5. The number of aromatic nitrogens is 2. The molecule has 0 spiro atoms. The fourth-order valence-electron chi connectivity index (χ4n) is 3.79. The summed E-state index contributed by atoms with van der Waals surface area (Å²) < 4.78 is 15.5. The van der Waals surface area contributed by atoms with Gasteiger partial charge in [0.25, 0.3) is 0 Å². The van der Waals surface area contributed by atoms with Gasteiger partial charge in [-0.05, 0) is 42.3 Å². The first kappa shape index (κ1) is 17.7. The number of imidazole rings is 1. The van der Waals surface area contributed by atoms with E-state index in [4.69, 9.17) is 4.98 Å². The third-order valence-corrected chi connectivity index (χ3v) is 5.50. The lowest BCUT2D eigenvalue weighted by atomic mass is 10.1. The van der Waals surface area contributed by atoms with Gasteiger partial charge in [0, 0.05) is 31.1 Å². The Morgan fingerprint density at radius 2 is 1.93 bits per heavy atom. The largest absolute Gasteiger partial charge is 0.327 e. The number of carbonyl (C=O) groups excluding carboxylic acids is 1. The van der Waals surface area contributed by atoms with Crippen LogP contribution < -0.4 is 4.90 Å². The summed E-state index contributed by atoms with van der Waals surface area (Å²) in [5, 5.41) is 0. The third-order valence-electron chi connectivity index (χ3n) is 5.50. The molecule has 27 heavy (non-hydrogen) atoms. The molecule has 140 valence electrons. The Kier molecular flexibility index (Phi) is 4.68. The molecule has 1 amide bonds. The third kappa shape index (κ3) is 3.34. The van der Waals surface area contributed by atoms with E-state index in [0.717, 1.165) is 35.5 Å². The molecule has 5 heteroatoms. The Labute approximate surface area is 158 Å². The highest BCUT2D eigenvalue weighted by atomic mass is 19.1. The lowest BCUT2D eigenvalue weighted by molar-refractivity contribution is -0.117. The number of hydrogen-bond donors (Lipinski definition) is 0. The summed E-state index contributed by atoms with van der Waals surface area (Å²) >= 11 is 0. The van der Waals surface area contributed by atoms with Crippen molar-refractivity contribution in [2.75, 3.05) is 11.4 Å². The van der Waals surface area contributed by atoms with Crippen LogP contribution in [0.25, 0.3) is 11.0 Å². The molecule has 2 atom stereocenters. The molecule has 1 fully saturated rings. The first-order valence-corrected chi connectivity index (χ1v) is 9.58. The zero-order valence-corrected chi connectivity index (χ0v) is 15.7. The molecule has 2 heterocycles. The number of fused-ring (bicyclic) bond motifs is 1. The van der Waals surface area contributed by atoms with Crippen molar-refractivity contribution in [2.45, 2.75) is 39.2 Å². The monoisotopic (exact) mass is 365 g/mol. The number of anilines is 1. The summed E-state index contributed by atoms with van der Waals surface area (Å²) in [6.07, 6.45) is 1.53. The van der Waals surface area contributed by atoms with Crippen LogP contribution in [0.4, 0.5) is 10.1 Å². The van der Waals surface area contributed by atoms with E-state index in [1.165, 1.54) is 12.1 Å². The smallest absolute Gasteiger partial charge is 0.227 e. The van der Waals surface area contributed by atoms with Gasteiger partial charge in [0.1, 0.15) is 11.6 Å². The summed E-state index contributed by atoms with van der Waals surface area (Å²) in [5.41, 5.74) is 2.84. The Balaban J connectivity index is 1.69. The molecule has 0 saturated carbocycles. The van der Waals surface area contributed by atoms with Gasteiger partial charge in [-0.1, -0.05) is 32.4 Å². The van der Waals surface area contributed by atoms with Gasteiger partial charge in [-0.2, -0.15) is 0 Å². The molecule has 1 aliphatic heterocycles. The predicted molar refractivity (Wildman–Crippen MR) is 105 cm³/mol. The minimum atomic E-state index is -0.294. The number of para-hydroxylation sites is 2. The van der Waals surface area contributed by atoms with E-state index in [1.54, 1.807) is 17.0 Å². The Hall–Kier alpha value is -2.69. The van der Waals surface area contributed by atoms with Crippen molar-refractivity contribution in [3.63, 3.8) is 0 Å². The van der Waals surface area contributed by atoms with Gasteiger partial charge in [-0.25, -0.2) is 9.37 Å². The zero-order valence-electron chi connectivity index (χ0n) is 15.7. The van der Waals surface area contributed by atoms with Crippen molar-refractivity contribution < 1.29 is 9.18 Å².